The second-order valence-electron chi connectivity index (χ2n) is 5.47. The zero-order valence-electron chi connectivity index (χ0n) is 10.5. The summed E-state index contributed by atoms with van der Waals surface area (Å²) in [5.74, 6) is -0.290. The summed E-state index contributed by atoms with van der Waals surface area (Å²) >= 11 is 0. The van der Waals surface area contributed by atoms with Crippen molar-refractivity contribution in [2.24, 2.45) is 5.41 Å². The first-order valence-electron chi connectivity index (χ1n) is 5.87. The molecule has 1 fully saturated rings. The van der Waals surface area contributed by atoms with Crippen LogP contribution in [0.25, 0.3) is 0 Å². The highest BCUT2D eigenvalue weighted by Crippen LogP contribution is 2.40. The molecule has 0 atom stereocenters. The fourth-order valence-electron chi connectivity index (χ4n) is 1.96. The van der Waals surface area contributed by atoms with Crippen LogP contribution in [0, 0.1) is 5.41 Å². The molecule has 0 spiro atoms. The van der Waals surface area contributed by atoms with E-state index in [4.69, 9.17) is 4.74 Å². The van der Waals surface area contributed by atoms with Gasteiger partial charge in [0.2, 0.25) is 0 Å². The van der Waals surface area contributed by atoms with Crippen molar-refractivity contribution in [1.29, 1.82) is 0 Å². The molecule has 0 aromatic rings. The fraction of sp³-hybridized carbons (Fsp3) is 0.769. The van der Waals surface area contributed by atoms with Crippen molar-refractivity contribution in [1.82, 2.24) is 0 Å². The van der Waals surface area contributed by atoms with E-state index in [1.807, 2.05) is 0 Å². The highest BCUT2D eigenvalue weighted by Gasteiger charge is 2.34. The Bertz CT molecular complexity index is 269. The third-order valence-corrected chi connectivity index (χ3v) is 3.28. The Morgan fingerprint density at radius 2 is 1.88 bits per heavy atom. The topological polar surface area (TPSA) is 46.5 Å². The van der Waals surface area contributed by atoms with Crippen LogP contribution in [-0.4, -0.2) is 23.3 Å². The molecule has 1 aliphatic carbocycles. The molecule has 0 radical (unpaired) electrons. The minimum Gasteiger partial charge on any atom is -0.462 e. The van der Waals surface area contributed by atoms with Crippen molar-refractivity contribution < 1.29 is 14.6 Å². The molecule has 3 heteroatoms. The minimum absolute atomic E-state index is 0.251. The van der Waals surface area contributed by atoms with Gasteiger partial charge < -0.3 is 9.84 Å². The number of carbonyl (C=O) groups is 1. The molecule has 1 saturated carbocycles. The Hall–Kier alpha value is -0.830. The van der Waals surface area contributed by atoms with E-state index in [2.05, 4.69) is 13.8 Å². The van der Waals surface area contributed by atoms with Crippen LogP contribution in [0.2, 0.25) is 0 Å². The summed E-state index contributed by atoms with van der Waals surface area (Å²) in [4.78, 5) is 10.5. The van der Waals surface area contributed by atoms with Gasteiger partial charge in [0.25, 0.3) is 0 Å². The van der Waals surface area contributed by atoms with Crippen LogP contribution < -0.4 is 0 Å². The standard InChI is InChI=1S/C13H22O3/c1-11(14)16-10-4-5-13(15)8-6-12(2,3)7-9-13/h4-5,15H,6-10H2,1-3H3/b5-4+. The maximum Gasteiger partial charge on any atom is 0.302 e. The molecule has 0 bridgehead atoms. The van der Waals surface area contributed by atoms with Crippen molar-refractivity contribution in [2.75, 3.05) is 6.61 Å². The lowest BCUT2D eigenvalue weighted by atomic mass is 9.71. The van der Waals surface area contributed by atoms with Gasteiger partial charge in [-0.15, -0.1) is 0 Å². The van der Waals surface area contributed by atoms with Gasteiger partial charge in [-0.3, -0.25) is 4.79 Å². The van der Waals surface area contributed by atoms with Crippen LogP contribution in [0.4, 0.5) is 0 Å². The predicted molar refractivity (Wildman–Crippen MR) is 63.0 cm³/mol. The zero-order chi connectivity index (χ0) is 12.2. The molecule has 0 amide bonds. The van der Waals surface area contributed by atoms with E-state index < -0.39 is 5.60 Å². The summed E-state index contributed by atoms with van der Waals surface area (Å²) in [5.41, 5.74) is -0.356. The minimum atomic E-state index is -0.699. The van der Waals surface area contributed by atoms with Gasteiger partial charge in [0.1, 0.15) is 6.61 Å². The second-order valence-corrected chi connectivity index (χ2v) is 5.47. The molecular formula is C13H22O3. The van der Waals surface area contributed by atoms with Crippen LogP contribution in [-0.2, 0) is 9.53 Å². The zero-order valence-corrected chi connectivity index (χ0v) is 10.5. The molecule has 1 aliphatic rings. The van der Waals surface area contributed by atoms with Gasteiger partial charge in [0.15, 0.2) is 0 Å². The molecule has 92 valence electrons. The lowest BCUT2D eigenvalue weighted by Crippen LogP contribution is -2.35. The van der Waals surface area contributed by atoms with Crippen LogP contribution in [0.5, 0.6) is 0 Å². The summed E-state index contributed by atoms with van der Waals surface area (Å²) in [7, 11) is 0. The van der Waals surface area contributed by atoms with Crippen LogP contribution in [0.15, 0.2) is 12.2 Å². The molecule has 0 aromatic heterocycles. The number of hydrogen-bond acceptors (Lipinski definition) is 3. The van der Waals surface area contributed by atoms with Crippen LogP contribution >= 0.6 is 0 Å². The molecule has 1 N–H and O–H groups in total. The van der Waals surface area contributed by atoms with Crippen molar-refractivity contribution in [3.63, 3.8) is 0 Å². The summed E-state index contributed by atoms with van der Waals surface area (Å²) in [6.07, 6.45) is 7.15. The Morgan fingerprint density at radius 1 is 1.31 bits per heavy atom. The number of ether oxygens (including phenoxy) is 1. The van der Waals surface area contributed by atoms with Gasteiger partial charge in [-0.05, 0) is 37.2 Å². The number of hydrogen-bond donors (Lipinski definition) is 1. The molecule has 1 rings (SSSR count). The van der Waals surface area contributed by atoms with E-state index >= 15 is 0 Å². The Kier molecular flexibility index (Phi) is 4.14. The fourth-order valence-corrected chi connectivity index (χ4v) is 1.96. The van der Waals surface area contributed by atoms with Gasteiger partial charge >= 0.3 is 5.97 Å². The van der Waals surface area contributed by atoms with Crippen molar-refractivity contribution in [2.45, 2.75) is 52.1 Å². The Morgan fingerprint density at radius 3 is 2.38 bits per heavy atom. The smallest absolute Gasteiger partial charge is 0.302 e. The first-order chi connectivity index (χ1) is 7.33. The summed E-state index contributed by atoms with van der Waals surface area (Å²) in [5, 5.41) is 10.2. The number of rotatable bonds is 3. The van der Waals surface area contributed by atoms with E-state index in [0.717, 1.165) is 25.7 Å². The monoisotopic (exact) mass is 226 g/mol. The number of aliphatic hydroxyl groups is 1. The molecular weight excluding hydrogens is 204 g/mol. The average molecular weight is 226 g/mol. The van der Waals surface area contributed by atoms with E-state index in [1.54, 1.807) is 12.2 Å². The molecule has 0 saturated heterocycles. The number of esters is 1. The summed E-state index contributed by atoms with van der Waals surface area (Å²) < 4.78 is 4.78. The van der Waals surface area contributed by atoms with Gasteiger partial charge in [0, 0.05) is 6.92 Å². The molecule has 0 unspecified atom stereocenters. The molecule has 3 nitrogen and oxygen atoms in total. The van der Waals surface area contributed by atoms with Gasteiger partial charge in [0.05, 0.1) is 5.60 Å². The molecule has 0 aromatic carbocycles. The van der Waals surface area contributed by atoms with Crippen LogP contribution in [0.1, 0.15) is 46.5 Å². The lowest BCUT2D eigenvalue weighted by Gasteiger charge is -2.38. The quantitative estimate of drug-likeness (QED) is 0.594. The summed E-state index contributed by atoms with van der Waals surface area (Å²) in [6.45, 7) is 6.09. The predicted octanol–water partition coefficient (Wildman–Crippen LogP) is 2.44. The van der Waals surface area contributed by atoms with E-state index in [1.165, 1.54) is 6.92 Å². The molecule has 0 heterocycles. The highest BCUT2D eigenvalue weighted by atomic mass is 16.5. The van der Waals surface area contributed by atoms with E-state index in [9.17, 15) is 9.90 Å². The number of carbonyl (C=O) groups excluding carboxylic acids is 1. The Labute approximate surface area is 97.5 Å². The average Bonchev–Trinajstić information content (AvgIpc) is 2.18. The third kappa shape index (κ3) is 4.35. The van der Waals surface area contributed by atoms with Gasteiger partial charge in [-0.2, -0.15) is 0 Å². The second kappa shape index (κ2) is 5.00. The van der Waals surface area contributed by atoms with Gasteiger partial charge in [-0.1, -0.05) is 19.9 Å². The molecule has 0 aliphatic heterocycles. The summed E-state index contributed by atoms with van der Waals surface area (Å²) in [6, 6.07) is 0. The van der Waals surface area contributed by atoms with Gasteiger partial charge in [-0.25, -0.2) is 0 Å². The van der Waals surface area contributed by atoms with Crippen LogP contribution in [0.3, 0.4) is 0 Å². The first-order valence-corrected chi connectivity index (χ1v) is 5.87. The molecule has 16 heavy (non-hydrogen) atoms. The van der Waals surface area contributed by atoms with Crippen molar-refractivity contribution in [3.05, 3.63) is 12.2 Å². The van der Waals surface area contributed by atoms with Crippen molar-refractivity contribution in [3.8, 4) is 0 Å². The van der Waals surface area contributed by atoms with E-state index in [0.29, 0.717) is 5.41 Å². The Balaban J connectivity index is 2.39. The third-order valence-electron chi connectivity index (χ3n) is 3.28. The normalized spacial score (nSPS) is 23.2. The highest BCUT2D eigenvalue weighted by molar-refractivity contribution is 5.65. The largest absolute Gasteiger partial charge is 0.462 e. The van der Waals surface area contributed by atoms with Crippen molar-refractivity contribution >= 4 is 5.97 Å². The van der Waals surface area contributed by atoms with E-state index in [-0.39, 0.29) is 12.6 Å². The maximum absolute atomic E-state index is 10.5. The maximum atomic E-state index is 10.5. The lowest BCUT2D eigenvalue weighted by molar-refractivity contribution is -0.139. The first kappa shape index (κ1) is 13.2. The SMILES string of the molecule is CC(=O)OC/C=C/C1(O)CCC(C)(C)CC1.